The normalized spacial score (nSPS) is 11.8. The summed E-state index contributed by atoms with van der Waals surface area (Å²) in [5.41, 5.74) is -0.331. The number of nitro groups is 2. The maximum absolute atomic E-state index is 10.9. The quantitative estimate of drug-likeness (QED) is 0.605. The summed E-state index contributed by atoms with van der Waals surface area (Å²) in [5.74, 6) is -0.956. The second-order valence-electron chi connectivity index (χ2n) is 4.08. The standard InChI is InChI=1S/C11H12N2O6S/c1-7(11(14)15)5-20-6-8-2-3-9(12(16)17)4-10(8)13(18)19/h2-4,7H,5-6H2,1H3,(H,14,15). The molecule has 0 bridgehead atoms. The topological polar surface area (TPSA) is 124 Å². The van der Waals surface area contributed by atoms with E-state index in [4.69, 9.17) is 5.11 Å². The Kier molecular flexibility index (Phi) is 5.44. The molecule has 0 radical (unpaired) electrons. The molecule has 0 aliphatic heterocycles. The van der Waals surface area contributed by atoms with E-state index >= 15 is 0 Å². The summed E-state index contributed by atoms with van der Waals surface area (Å²) in [5, 5.41) is 30.2. The lowest BCUT2D eigenvalue weighted by Crippen LogP contribution is -2.11. The van der Waals surface area contributed by atoms with Crippen molar-refractivity contribution in [3.8, 4) is 0 Å². The molecular weight excluding hydrogens is 288 g/mol. The number of benzene rings is 1. The van der Waals surface area contributed by atoms with E-state index < -0.39 is 21.7 Å². The maximum atomic E-state index is 10.9. The molecular formula is C11H12N2O6S. The van der Waals surface area contributed by atoms with Crippen LogP contribution in [0, 0.1) is 26.1 Å². The van der Waals surface area contributed by atoms with Crippen molar-refractivity contribution in [2.45, 2.75) is 12.7 Å². The van der Waals surface area contributed by atoms with Gasteiger partial charge in [-0.2, -0.15) is 11.8 Å². The van der Waals surface area contributed by atoms with Crippen LogP contribution in [0.4, 0.5) is 11.4 Å². The number of aliphatic carboxylic acids is 1. The molecule has 1 N–H and O–H groups in total. The molecule has 1 atom stereocenters. The highest BCUT2D eigenvalue weighted by atomic mass is 32.2. The lowest BCUT2D eigenvalue weighted by atomic mass is 10.2. The molecule has 1 unspecified atom stereocenters. The fraction of sp³-hybridized carbons (Fsp3) is 0.364. The van der Waals surface area contributed by atoms with Crippen molar-refractivity contribution in [3.05, 3.63) is 44.0 Å². The van der Waals surface area contributed by atoms with Crippen LogP contribution in [-0.4, -0.2) is 26.7 Å². The van der Waals surface area contributed by atoms with Gasteiger partial charge in [-0.25, -0.2) is 0 Å². The summed E-state index contributed by atoms with van der Waals surface area (Å²) < 4.78 is 0. The number of carboxylic acid groups (broad SMARTS) is 1. The number of non-ortho nitro benzene ring substituents is 1. The third-order valence-electron chi connectivity index (χ3n) is 2.52. The summed E-state index contributed by atoms with van der Waals surface area (Å²) in [6, 6.07) is 3.44. The second kappa shape index (κ2) is 6.85. The number of hydrogen-bond donors (Lipinski definition) is 1. The first-order chi connectivity index (χ1) is 9.32. The first-order valence-electron chi connectivity index (χ1n) is 5.55. The zero-order chi connectivity index (χ0) is 15.3. The van der Waals surface area contributed by atoms with Gasteiger partial charge in [0.25, 0.3) is 11.4 Å². The van der Waals surface area contributed by atoms with Gasteiger partial charge in [-0.15, -0.1) is 0 Å². The van der Waals surface area contributed by atoms with Crippen LogP contribution in [0.5, 0.6) is 0 Å². The molecule has 0 aliphatic carbocycles. The van der Waals surface area contributed by atoms with Crippen molar-refractivity contribution < 1.29 is 19.7 Å². The van der Waals surface area contributed by atoms with E-state index in [0.717, 1.165) is 6.07 Å². The van der Waals surface area contributed by atoms with Gasteiger partial charge in [-0.1, -0.05) is 6.92 Å². The van der Waals surface area contributed by atoms with Crippen molar-refractivity contribution in [1.82, 2.24) is 0 Å². The largest absolute Gasteiger partial charge is 0.481 e. The van der Waals surface area contributed by atoms with Crippen molar-refractivity contribution in [3.63, 3.8) is 0 Å². The van der Waals surface area contributed by atoms with Gasteiger partial charge >= 0.3 is 5.97 Å². The van der Waals surface area contributed by atoms with E-state index in [1.165, 1.54) is 23.9 Å². The summed E-state index contributed by atoms with van der Waals surface area (Å²) in [6.07, 6.45) is 0. The predicted molar refractivity (Wildman–Crippen MR) is 72.7 cm³/mol. The zero-order valence-corrected chi connectivity index (χ0v) is 11.3. The van der Waals surface area contributed by atoms with Gasteiger partial charge in [0.15, 0.2) is 0 Å². The molecule has 0 aliphatic rings. The third kappa shape index (κ3) is 4.19. The summed E-state index contributed by atoms with van der Waals surface area (Å²) in [7, 11) is 0. The Bertz CT molecular complexity index is 548. The highest BCUT2D eigenvalue weighted by Crippen LogP contribution is 2.28. The number of thioether (sulfide) groups is 1. The fourth-order valence-corrected chi connectivity index (χ4v) is 2.45. The minimum absolute atomic E-state index is 0.228. The van der Waals surface area contributed by atoms with Crippen LogP contribution in [0.3, 0.4) is 0 Å². The molecule has 1 aromatic carbocycles. The van der Waals surface area contributed by atoms with Gasteiger partial charge in [-0.3, -0.25) is 25.0 Å². The van der Waals surface area contributed by atoms with Crippen LogP contribution in [0.25, 0.3) is 0 Å². The molecule has 9 heteroatoms. The van der Waals surface area contributed by atoms with E-state index in [1.807, 2.05) is 0 Å². The van der Waals surface area contributed by atoms with E-state index in [1.54, 1.807) is 6.92 Å². The molecule has 20 heavy (non-hydrogen) atoms. The van der Waals surface area contributed by atoms with E-state index in [-0.39, 0.29) is 17.1 Å². The minimum Gasteiger partial charge on any atom is -0.481 e. The molecule has 8 nitrogen and oxygen atoms in total. The van der Waals surface area contributed by atoms with Crippen LogP contribution in [0.1, 0.15) is 12.5 Å². The summed E-state index contributed by atoms with van der Waals surface area (Å²) >= 11 is 1.23. The van der Waals surface area contributed by atoms with Gasteiger partial charge in [0.1, 0.15) is 0 Å². The van der Waals surface area contributed by atoms with Crippen LogP contribution in [0.15, 0.2) is 18.2 Å². The Morgan fingerprint density at radius 2 is 2.00 bits per heavy atom. The molecule has 0 saturated carbocycles. The number of nitro benzene ring substituents is 2. The Hall–Kier alpha value is -2.16. The lowest BCUT2D eigenvalue weighted by Gasteiger charge is -2.06. The average molecular weight is 300 g/mol. The van der Waals surface area contributed by atoms with Gasteiger partial charge in [0, 0.05) is 23.1 Å². The molecule has 1 rings (SSSR count). The van der Waals surface area contributed by atoms with E-state index in [0.29, 0.717) is 11.3 Å². The Morgan fingerprint density at radius 3 is 2.50 bits per heavy atom. The molecule has 0 aromatic heterocycles. The number of carbonyl (C=O) groups is 1. The predicted octanol–water partition coefficient (Wildman–Crippen LogP) is 2.46. The molecule has 1 aromatic rings. The van der Waals surface area contributed by atoms with Gasteiger partial charge in [0.05, 0.1) is 21.8 Å². The number of hydrogen-bond acceptors (Lipinski definition) is 6. The lowest BCUT2D eigenvalue weighted by molar-refractivity contribution is -0.394. The molecule has 0 amide bonds. The summed E-state index contributed by atoms with van der Waals surface area (Å²) in [4.78, 5) is 30.7. The monoisotopic (exact) mass is 300 g/mol. The van der Waals surface area contributed by atoms with Gasteiger partial charge in [-0.05, 0) is 6.07 Å². The third-order valence-corrected chi connectivity index (χ3v) is 3.77. The SMILES string of the molecule is CC(CSCc1ccc([N+](=O)[O-])cc1[N+](=O)[O-])C(=O)O. The molecule has 0 fully saturated rings. The molecule has 0 heterocycles. The van der Waals surface area contributed by atoms with E-state index in [2.05, 4.69) is 0 Å². The van der Waals surface area contributed by atoms with Crippen LogP contribution < -0.4 is 0 Å². The second-order valence-corrected chi connectivity index (χ2v) is 5.11. The zero-order valence-electron chi connectivity index (χ0n) is 10.5. The van der Waals surface area contributed by atoms with E-state index in [9.17, 15) is 25.0 Å². The van der Waals surface area contributed by atoms with Crippen molar-refractivity contribution in [2.24, 2.45) is 5.92 Å². The van der Waals surface area contributed by atoms with Crippen molar-refractivity contribution in [2.75, 3.05) is 5.75 Å². The average Bonchev–Trinajstić information content (AvgIpc) is 2.38. The van der Waals surface area contributed by atoms with Crippen LogP contribution in [0.2, 0.25) is 0 Å². The molecule has 0 spiro atoms. The van der Waals surface area contributed by atoms with Gasteiger partial charge < -0.3 is 5.11 Å². The van der Waals surface area contributed by atoms with Crippen molar-refractivity contribution >= 4 is 29.1 Å². The maximum Gasteiger partial charge on any atom is 0.307 e. The Morgan fingerprint density at radius 1 is 1.35 bits per heavy atom. The first kappa shape index (κ1) is 15.9. The van der Waals surface area contributed by atoms with Crippen molar-refractivity contribution in [1.29, 1.82) is 0 Å². The molecule has 0 saturated heterocycles. The number of carboxylic acids is 1. The summed E-state index contributed by atoms with van der Waals surface area (Å²) in [6.45, 7) is 1.54. The number of rotatable bonds is 7. The first-order valence-corrected chi connectivity index (χ1v) is 6.70. The van der Waals surface area contributed by atoms with Crippen LogP contribution >= 0.6 is 11.8 Å². The minimum atomic E-state index is -0.935. The number of nitrogens with zero attached hydrogens (tertiary/aromatic N) is 2. The molecule has 108 valence electrons. The van der Waals surface area contributed by atoms with Gasteiger partial charge in [0.2, 0.25) is 0 Å². The van der Waals surface area contributed by atoms with Crippen LogP contribution in [-0.2, 0) is 10.5 Å². The Labute approximate surface area is 118 Å². The highest BCUT2D eigenvalue weighted by Gasteiger charge is 2.19. The Balaban J connectivity index is 2.82. The smallest absolute Gasteiger partial charge is 0.307 e. The highest BCUT2D eigenvalue weighted by molar-refractivity contribution is 7.98. The fourth-order valence-electron chi connectivity index (χ4n) is 1.37.